The molecule has 0 N–H and O–H groups in total. The minimum atomic E-state index is -1.29. The zero-order valence-electron chi connectivity index (χ0n) is 26.6. The average Bonchev–Trinajstić information content (AvgIpc) is 2.94. The largest absolute Gasteiger partial charge is 0.443 e. The Labute approximate surface area is 255 Å². The molecule has 0 unspecified atom stereocenters. The molecule has 234 valence electrons. The Morgan fingerprint density at radius 1 is 1.14 bits per heavy atom. The van der Waals surface area contributed by atoms with E-state index in [1.807, 2.05) is 11.0 Å². The Kier molecular flexibility index (Phi) is 11.5. The van der Waals surface area contributed by atoms with E-state index in [9.17, 15) is 14.4 Å². The summed E-state index contributed by atoms with van der Waals surface area (Å²) >= 11 is 0. The molecule has 0 bridgehead atoms. The molecule has 3 rings (SSSR count). The topological polar surface area (TPSA) is 134 Å². The number of pyridine rings is 1. The quantitative estimate of drug-likeness (QED) is 0.273. The zero-order valence-corrected chi connectivity index (χ0v) is 27.6. The number of anilines is 2. The van der Waals surface area contributed by atoms with Crippen LogP contribution in [0.4, 0.5) is 16.4 Å². The first-order valence-corrected chi connectivity index (χ1v) is 18.4. The van der Waals surface area contributed by atoms with E-state index < -0.39 is 19.8 Å². The van der Waals surface area contributed by atoms with E-state index in [4.69, 9.17) is 14.7 Å². The molecule has 2 aromatic rings. The summed E-state index contributed by atoms with van der Waals surface area (Å²) in [4.78, 5) is 48.7. The Morgan fingerprint density at radius 2 is 1.84 bits per heavy atom. The summed E-state index contributed by atoms with van der Waals surface area (Å²) in [6.45, 7) is 16.9. The smallest absolute Gasteiger partial charge is 0.416 e. The Morgan fingerprint density at radius 3 is 2.42 bits per heavy atom. The molecule has 0 aromatic carbocycles. The van der Waals surface area contributed by atoms with E-state index in [1.165, 1.54) is 9.58 Å². The molecule has 1 aliphatic rings. The number of nitrogens with zero attached hydrogens (tertiary/aromatic N) is 7. The minimum Gasteiger partial charge on any atom is -0.443 e. The van der Waals surface area contributed by atoms with Crippen molar-refractivity contribution in [3.8, 4) is 6.07 Å². The third kappa shape index (κ3) is 10.5. The highest BCUT2D eigenvalue weighted by atomic mass is 28.3. The van der Waals surface area contributed by atoms with Crippen LogP contribution < -0.4 is 15.4 Å². The van der Waals surface area contributed by atoms with Gasteiger partial charge in [-0.25, -0.2) is 14.5 Å². The van der Waals surface area contributed by atoms with Crippen LogP contribution in [0.15, 0.2) is 29.2 Å². The molecule has 13 heteroatoms. The fourth-order valence-corrected chi connectivity index (χ4v) is 5.15. The van der Waals surface area contributed by atoms with E-state index >= 15 is 0 Å². The fraction of sp³-hybridized carbons (Fsp3) is 0.600. The summed E-state index contributed by atoms with van der Waals surface area (Å²) < 4.78 is 12.6. The molecule has 0 spiro atoms. The van der Waals surface area contributed by atoms with Crippen LogP contribution >= 0.6 is 0 Å². The number of aromatic nitrogens is 3. The summed E-state index contributed by atoms with van der Waals surface area (Å²) in [5, 5.41) is 13.4. The second-order valence-electron chi connectivity index (χ2n) is 13.0. The first kappa shape index (κ1) is 33.7. The van der Waals surface area contributed by atoms with Crippen LogP contribution in [0.2, 0.25) is 25.7 Å². The van der Waals surface area contributed by atoms with E-state index in [1.54, 1.807) is 46.0 Å². The highest BCUT2D eigenvalue weighted by molar-refractivity contribution is 6.76. The monoisotopic (exact) mass is 611 g/mol. The summed E-state index contributed by atoms with van der Waals surface area (Å²) in [5.41, 5.74) is -0.0877. The molecule has 43 heavy (non-hydrogen) atoms. The lowest BCUT2D eigenvalue weighted by atomic mass is 10.2. The lowest BCUT2D eigenvalue weighted by Crippen LogP contribution is -2.49. The minimum absolute atomic E-state index is 0.00137. The first-order chi connectivity index (χ1) is 20.2. The van der Waals surface area contributed by atoms with E-state index in [-0.39, 0.29) is 37.0 Å². The van der Waals surface area contributed by atoms with Crippen LogP contribution in [0.5, 0.6) is 0 Å². The molecule has 2 amide bonds. The first-order valence-electron chi connectivity index (χ1n) is 14.7. The summed E-state index contributed by atoms with van der Waals surface area (Å²) in [6, 6.07) is 8.15. The van der Waals surface area contributed by atoms with Crippen LogP contribution in [-0.2, 0) is 21.0 Å². The van der Waals surface area contributed by atoms with Gasteiger partial charge in [-0.1, -0.05) is 19.6 Å². The van der Waals surface area contributed by atoms with Crippen molar-refractivity contribution in [3.05, 3.63) is 45.9 Å². The maximum Gasteiger partial charge on any atom is 0.416 e. The van der Waals surface area contributed by atoms with Crippen molar-refractivity contribution in [3.63, 3.8) is 0 Å². The zero-order chi connectivity index (χ0) is 31.8. The van der Waals surface area contributed by atoms with Crippen molar-refractivity contribution in [2.75, 3.05) is 49.1 Å². The van der Waals surface area contributed by atoms with Gasteiger partial charge in [0.25, 0.3) is 5.56 Å². The normalized spacial score (nSPS) is 13.9. The van der Waals surface area contributed by atoms with Gasteiger partial charge in [-0.05, 0) is 58.4 Å². The molecule has 0 aliphatic carbocycles. The van der Waals surface area contributed by atoms with Gasteiger partial charge in [0.1, 0.15) is 24.2 Å². The molecule has 3 heterocycles. The van der Waals surface area contributed by atoms with Crippen LogP contribution in [-0.4, -0.2) is 84.7 Å². The van der Waals surface area contributed by atoms with Crippen molar-refractivity contribution in [2.24, 2.45) is 0 Å². The van der Waals surface area contributed by atoms with Crippen molar-refractivity contribution >= 4 is 31.7 Å². The lowest BCUT2D eigenvalue weighted by Gasteiger charge is -2.35. The van der Waals surface area contributed by atoms with Gasteiger partial charge in [-0.3, -0.25) is 14.5 Å². The van der Waals surface area contributed by atoms with Gasteiger partial charge in [-0.15, -0.1) is 5.10 Å². The van der Waals surface area contributed by atoms with E-state index in [0.717, 1.165) is 11.9 Å². The fourth-order valence-electron chi connectivity index (χ4n) is 4.39. The Bertz CT molecular complexity index is 1350. The number of nitriles is 1. The molecule has 0 radical (unpaired) electrons. The second kappa shape index (κ2) is 14.6. The second-order valence-corrected chi connectivity index (χ2v) is 18.6. The molecule has 12 nitrogen and oxygen atoms in total. The number of hydrogen-bond acceptors (Lipinski definition) is 9. The number of carbonyl (C=O) groups excluding carboxylic acids is 2. The SMILES string of the molecule is Cc1cc(N(CCCC(=O)N2CCN(c3ccc(C#N)cn3)CC2)C(=O)OC(C)(C)C)nn(COCC[Si](C)(C)C)c1=O. The highest BCUT2D eigenvalue weighted by Crippen LogP contribution is 2.19. The predicted molar refractivity (Wildman–Crippen MR) is 168 cm³/mol. The number of hydrogen-bond donors (Lipinski definition) is 0. The molecule has 0 saturated carbocycles. The van der Waals surface area contributed by atoms with Gasteiger partial charge in [-0.2, -0.15) is 5.26 Å². The van der Waals surface area contributed by atoms with Gasteiger partial charge < -0.3 is 19.3 Å². The summed E-state index contributed by atoms with van der Waals surface area (Å²) in [7, 11) is -1.29. The maximum atomic E-state index is 13.3. The third-order valence-corrected chi connectivity index (χ3v) is 8.55. The number of aryl methyl sites for hydroxylation is 1. The number of carbonyl (C=O) groups is 2. The van der Waals surface area contributed by atoms with Crippen molar-refractivity contribution in [1.82, 2.24) is 19.7 Å². The number of ether oxygens (including phenoxy) is 2. The molecule has 2 aromatic heterocycles. The van der Waals surface area contributed by atoms with E-state index in [0.29, 0.717) is 50.3 Å². The van der Waals surface area contributed by atoms with Gasteiger partial charge in [0.2, 0.25) is 5.91 Å². The van der Waals surface area contributed by atoms with Gasteiger partial charge in [0, 0.05) is 65.6 Å². The molecular weight excluding hydrogens is 566 g/mol. The predicted octanol–water partition coefficient (Wildman–Crippen LogP) is 4.00. The van der Waals surface area contributed by atoms with Crippen LogP contribution in [0.25, 0.3) is 0 Å². The van der Waals surface area contributed by atoms with Gasteiger partial charge in [0.05, 0.1) is 5.56 Å². The molecule has 0 atom stereocenters. The molecule has 1 fully saturated rings. The summed E-state index contributed by atoms with van der Waals surface area (Å²) in [6.07, 6.45) is 1.59. The van der Waals surface area contributed by atoms with Crippen molar-refractivity contribution < 1.29 is 19.1 Å². The summed E-state index contributed by atoms with van der Waals surface area (Å²) in [5.74, 6) is 1.06. The lowest BCUT2D eigenvalue weighted by molar-refractivity contribution is -0.131. The van der Waals surface area contributed by atoms with Gasteiger partial charge in [0.15, 0.2) is 5.82 Å². The van der Waals surface area contributed by atoms with Crippen LogP contribution in [0, 0.1) is 18.3 Å². The molecular formula is C30H45N7O5Si. The van der Waals surface area contributed by atoms with E-state index in [2.05, 4.69) is 40.7 Å². The Hall–Kier alpha value is -3.76. The maximum absolute atomic E-state index is 13.3. The molecule has 1 aliphatic heterocycles. The van der Waals surface area contributed by atoms with Crippen molar-refractivity contribution in [1.29, 1.82) is 5.26 Å². The van der Waals surface area contributed by atoms with Gasteiger partial charge >= 0.3 is 6.09 Å². The number of rotatable bonds is 11. The molecule has 1 saturated heterocycles. The van der Waals surface area contributed by atoms with Crippen molar-refractivity contribution in [2.45, 2.75) is 78.6 Å². The number of amides is 2. The standard InChI is InChI=1S/C30H45N7O5Si/c1-23-19-26(33-37(28(23)39)22-41-17-18-43(5,6)7)36(29(40)42-30(2,3)4)12-8-9-27(38)35-15-13-34(14-16-35)25-11-10-24(20-31)21-32-25/h10-11,19,21H,8-9,12-18,22H2,1-7H3. The number of piperazine rings is 1. The van der Waals surface area contributed by atoms with Crippen LogP contribution in [0.1, 0.15) is 44.7 Å². The third-order valence-electron chi connectivity index (χ3n) is 6.85. The highest BCUT2D eigenvalue weighted by Gasteiger charge is 2.27. The Balaban J connectivity index is 1.64. The average molecular weight is 612 g/mol. The van der Waals surface area contributed by atoms with Crippen LogP contribution in [0.3, 0.4) is 0 Å².